The average molecular weight is 511 g/mol. The second kappa shape index (κ2) is 11.0. The first-order chi connectivity index (χ1) is 15.8. The SMILES string of the molecule is CCC(C)NC(=O)c1ccccc1NC(=O)CN(c1ccc(S(=O)(=O)N(C)C)cc1)S(C)(=O)=O. The molecule has 0 fully saturated rings. The van der Waals surface area contributed by atoms with Gasteiger partial charge in [0.25, 0.3) is 5.91 Å². The van der Waals surface area contributed by atoms with Gasteiger partial charge in [-0.1, -0.05) is 19.1 Å². The molecule has 10 nitrogen and oxygen atoms in total. The average Bonchev–Trinajstić information content (AvgIpc) is 2.76. The van der Waals surface area contributed by atoms with Gasteiger partial charge in [-0.05, 0) is 49.7 Å². The zero-order valence-electron chi connectivity index (χ0n) is 19.8. The molecule has 2 N–H and O–H groups in total. The topological polar surface area (TPSA) is 133 Å². The first kappa shape index (κ1) is 27.3. The van der Waals surface area contributed by atoms with E-state index in [-0.39, 0.29) is 33.8 Å². The van der Waals surface area contributed by atoms with Gasteiger partial charge in [-0.3, -0.25) is 13.9 Å². The highest BCUT2D eigenvalue weighted by atomic mass is 32.2. The Labute approximate surface area is 201 Å². The van der Waals surface area contributed by atoms with Gasteiger partial charge in [0.05, 0.1) is 28.1 Å². The van der Waals surface area contributed by atoms with Gasteiger partial charge in [0.2, 0.25) is 26.0 Å². The molecule has 2 amide bonds. The van der Waals surface area contributed by atoms with Crippen molar-refractivity contribution in [2.75, 3.05) is 36.5 Å². The van der Waals surface area contributed by atoms with E-state index in [0.29, 0.717) is 0 Å². The highest BCUT2D eigenvalue weighted by Gasteiger charge is 2.24. The predicted molar refractivity (Wildman–Crippen MR) is 132 cm³/mol. The molecule has 2 aromatic rings. The Morgan fingerprint density at radius 2 is 1.56 bits per heavy atom. The molecule has 2 rings (SSSR count). The zero-order chi connectivity index (χ0) is 25.7. The molecular formula is C22H30N4O6S2. The van der Waals surface area contributed by atoms with Crippen molar-refractivity contribution >= 4 is 43.2 Å². The molecule has 2 aromatic carbocycles. The number of rotatable bonds is 10. The third-order valence-electron chi connectivity index (χ3n) is 5.03. The molecule has 12 heteroatoms. The number of hydrogen-bond donors (Lipinski definition) is 2. The summed E-state index contributed by atoms with van der Waals surface area (Å²) in [5, 5.41) is 5.42. The summed E-state index contributed by atoms with van der Waals surface area (Å²) in [6.45, 7) is 3.22. The third kappa shape index (κ3) is 6.78. The van der Waals surface area contributed by atoms with Crippen molar-refractivity contribution in [1.82, 2.24) is 9.62 Å². The molecule has 34 heavy (non-hydrogen) atoms. The fourth-order valence-electron chi connectivity index (χ4n) is 2.91. The van der Waals surface area contributed by atoms with Gasteiger partial charge in [0, 0.05) is 20.1 Å². The lowest BCUT2D eigenvalue weighted by Gasteiger charge is -2.23. The van der Waals surface area contributed by atoms with Crippen LogP contribution in [-0.2, 0) is 24.8 Å². The third-order valence-corrected chi connectivity index (χ3v) is 8.00. The van der Waals surface area contributed by atoms with Crippen molar-refractivity contribution in [2.24, 2.45) is 0 Å². The van der Waals surface area contributed by atoms with Gasteiger partial charge >= 0.3 is 0 Å². The van der Waals surface area contributed by atoms with Crippen LogP contribution in [0.3, 0.4) is 0 Å². The van der Waals surface area contributed by atoms with Crippen LogP contribution in [0, 0.1) is 0 Å². The van der Waals surface area contributed by atoms with Crippen LogP contribution in [0.25, 0.3) is 0 Å². The second-order valence-corrected chi connectivity index (χ2v) is 12.0. The standard InChI is InChI=1S/C22H30N4O6S2/c1-6-16(2)23-22(28)19-9-7-8-10-20(19)24-21(27)15-26(33(5,29)30)17-11-13-18(14-12-17)34(31,32)25(3)4/h7-14,16H,6,15H2,1-5H3,(H,23,28)(H,24,27). The molecular weight excluding hydrogens is 480 g/mol. The summed E-state index contributed by atoms with van der Waals surface area (Å²) in [6, 6.07) is 11.5. The van der Waals surface area contributed by atoms with E-state index in [1.165, 1.54) is 38.4 Å². The van der Waals surface area contributed by atoms with E-state index in [0.717, 1.165) is 21.3 Å². The Hall–Kier alpha value is -2.96. The van der Waals surface area contributed by atoms with Gasteiger partial charge in [0.1, 0.15) is 6.54 Å². The summed E-state index contributed by atoms with van der Waals surface area (Å²) in [4.78, 5) is 25.3. The monoisotopic (exact) mass is 510 g/mol. The minimum Gasteiger partial charge on any atom is -0.350 e. The largest absolute Gasteiger partial charge is 0.350 e. The first-order valence-corrected chi connectivity index (χ1v) is 13.8. The van der Waals surface area contributed by atoms with Crippen LogP contribution in [0.5, 0.6) is 0 Å². The summed E-state index contributed by atoms with van der Waals surface area (Å²) in [5.41, 5.74) is 0.618. The molecule has 0 saturated carbocycles. The Morgan fingerprint density at radius 1 is 0.971 bits per heavy atom. The van der Waals surface area contributed by atoms with Gasteiger partial charge in [-0.15, -0.1) is 0 Å². The number of sulfonamides is 2. The smallest absolute Gasteiger partial charge is 0.253 e. The number of carbonyl (C=O) groups excluding carboxylic acids is 2. The number of carbonyl (C=O) groups is 2. The van der Waals surface area contributed by atoms with Crippen molar-refractivity contribution in [3.05, 3.63) is 54.1 Å². The molecule has 0 saturated heterocycles. The molecule has 186 valence electrons. The fourth-order valence-corrected chi connectivity index (χ4v) is 4.67. The Balaban J connectivity index is 2.27. The molecule has 0 radical (unpaired) electrons. The number of nitrogens with zero attached hydrogens (tertiary/aromatic N) is 2. The van der Waals surface area contributed by atoms with Crippen LogP contribution >= 0.6 is 0 Å². The lowest BCUT2D eigenvalue weighted by Crippen LogP contribution is -2.38. The predicted octanol–water partition coefficient (Wildman–Crippen LogP) is 1.87. The highest BCUT2D eigenvalue weighted by molar-refractivity contribution is 7.92. The van der Waals surface area contributed by atoms with Crippen molar-refractivity contribution in [3.8, 4) is 0 Å². The van der Waals surface area contributed by atoms with Crippen LogP contribution < -0.4 is 14.9 Å². The maximum atomic E-state index is 12.8. The molecule has 0 aromatic heterocycles. The number of anilines is 2. The van der Waals surface area contributed by atoms with Crippen molar-refractivity contribution in [3.63, 3.8) is 0 Å². The van der Waals surface area contributed by atoms with Gasteiger partial charge in [0.15, 0.2) is 0 Å². The number of nitrogens with one attached hydrogen (secondary N) is 2. The summed E-state index contributed by atoms with van der Waals surface area (Å²) in [7, 11) is -4.80. The van der Waals surface area contributed by atoms with E-state index in [4.69, 9.17) is 0 Å². The van der Waals surface area contributed by atoms with E-state index in [2.05, 4.69) is 10.6 Å². The van der Waals surface area contributed by atoms with Crippen molar-refractivity contribution < 1.29 is 26.4 Å². The molecule has 0 spiro atoms. The highest BCUT2D eigenvalue weighted by Crippen LogP contribution is 2.22. The van der Waals surface area contributed by atoms with Gasteiger partial charge in [-0.25, -0.2) is 21.1 Å². The zero-order valence-corrected chi connectivity index (χ0v) is 21.4. The quantitative estimate of drug-likeness (QED) is 0.501. The Bertz CT molecular complexity index is 1240. The lowest BCUT2D eigenvalue weighted by atomic mass is 10.1. The maximum absolute atomic E-state index is 12.8. The van der Waals surface area contributed by atoms with Crippen LogP contribution in [0.15, 0.2) is 53.4 Å². The summed E-state index contributed by atoms with van der Waals surface area (Å²) >= 11 is 0. The summed E-state index contributed by atoms with van der Waals surface area (Å²) in [6.07, 6.45) is 1.68. The minimum absolute atomic E-state index is 0.0135. The van der Waals surface area contributed by atoms with Gasteiger partial charge < -0.3 is 10.6 Å². The molecule has 1 unspecified atom stereocenters. The molecule has 0 aliphatic carbocycles. The fraction of sp³-hybridized carbons (Fsp3) is 0.364. The van der Waals surface area contributed by atoms with Crippen LogP contribution in [-0.4, -0.2) is 65.9 Å². The number of benzene rings is 2. The normalized spacial score (nSPS) is 12.8. The van der Waals surface area contributed by atoms with E-state index < -0.39 is 32.5 Å². The van der Waals surface area contributed by atoms with E-state index in [9.17, 15) is 26.4 Å². The Morgan fingerprint density at radius 3 is 2.09 bits per heavy atom. The maximum Gasteiger partial charge on any atom is 0.253 e. The van der Waals surface area contributed by atoms with E-state index >= 15 is 0 Å². The number of amides is 2. The van der Waals surface area contributed by atoms with Gasteiger partial charge in [-0.2, -0.15) is 0 Å². The molecule has 0 bridgehead atoms. The van der Waals surface area contributed by atoms with Crippen LogP contribution in [0.1, 0.15) is 30.6 Å². The molecule has 0 heterocycles. The second-order valence-electron chi connectivity index (χ2n) is 7.93. The molecule has 0 aliphatic rings. The number of para-hydroxylation sites is 1. The van der Waals surface area contributed by atoms with E-state index in [1.807, 2.05) is 13.8 Å². The van der Waals surface area contributed by atoms with E-state index in [1.54, 1.807) is 24.3 Å². The minimum atomic E-state index is -3.88. The van der Waals surface area contributed by atoms with Crippen LogP contribution in [0.2, 0.25) is 0 Å². The summed E-state index contributed by atoms with van der Waals surface area (Å²) < 4.78 is 51.2. The van der Waals surface area contributed by atoms with Crippen molar-refractivity contribution in [1.29, 1.82) is 0 Å². The van der Waals surface area contributed by atoms with Crippen LogP contribution in [0.4, 0.5) is 11.4 Å². The van der Waals surface area contributed by atoms with Crippen molar-refractivity contribution in [2.45, 2.75) is 31.2 Å². The Kier molecular flexibility index (Phi) is 8.81. The molecule has 0 aliphatic heterocycles. The lowest BCUT2D eigenvalue weighted by molar-refractivity contribution is -0.114. The summed E-state index contributed by atoms with van der Waals surface area (Å²) in [5.74, 6) is -1.03. The number of hydrogen-bond acceptors (Lipinski definition) is 6. The first-order valence-electron chi connectivity index (χ1n) is 10.5. The molecule has 1 atom stereocenters.